The van der Waals surface area contributed by atoms with Crippen LogP contribution in [-0.4, -0.2) is 366 Å². The molecule has 21 N–H and O–H groups in total. The molecular weight excluding hydrogens is 1610 g/mol. The molecule has 0 aromatic heterocycles. The van der Waals surface area contributed by atoms with Gasteiger partial charge in [0.25, 0.3) is 0 Å². The molecule has 706 valence electrons. The molecular formula is C85H145NO36. The van der Waals surface area contributed by atoms with Crippen molar-refractivity contribution in [1.29, 1.82) is 0 Å². The summed E-state index contributed by atoms with van der Waals surface area (Å²) < 4.78 is 88.0. The van der Waals surface area contributed by atoms with Gasteiger partial charge in [-0.15, -0.1) is 0 Å². The lowest BCUT2D eigenvalue weighted by atomic mass is 9.79. The zero-order chi connectivity index (χ0) is 90.2. The van der Waals surface area contributed by atoms with Crippen molar-refractivity contribution < 1.29 is 178 Å². The molecule has 7 saturated heterocycles. The van der Waals surface area contributed by atoms with Crippen LogP contribution in [0, 0.1) is 35.5 Å². The summed E-state index contributed by atoms with van der Waals surface area (Å²) >= 11 is 0. The van der Waals surface area contributed by atoms with Crippen molar-refractivity contribution in [3.8, 4) is 0 Å². The number of fused-ring (bicyclic) bond motifs is 2. The standard InChI is InChI=1S/C85H145NO36/c1-14-58(115-67-30-28-60(45(9)110-67)116-66-29-27-53(92)44(8)109-66)41(5)70(98)43(7)71(99)42(6)59-23-19-15-17-22-51(90)32-54(93)39(3)55(94)33-61(117-82-69(86-49(13)88)76(104)75(103)64(37-87)119-82)40(4)62-34-57(96)81(107)85(108,122-62)36-63(38(2)25-26-52(91)31-50(89)21-18-16-20-24-65(97)114-59)118-84-80(121-83-78(106)77(105)73(101)47(11)112-83)79(74(102)48(12)113-84)120-68-35-56(95)72(100)46(10)111-68/h15-20,22,24,38-48,50-64,66-84,87,89-96,98-108H,14,21,23,25-37H2,1-13H3,(H,86,88)/b18-16+,19-15+,22-17+,24-20-/t38?,39?,40?,41?,42?,43?,44-,45-,46-,47-,48-,50?,51?,52?,53+,54?,55?,56-,57?,58?,59?,60+,61?,62?,63?,64-,66+,67+,68+,69-,70?,71?,72-,73-,74-,75+,76-,77+,78-,79+,80-,81?,82?,83+,84+,85?/m1/s1. The maximum absolute atomic E-state index is 13.8. The molecule has 0 spiro atoms. The van der Waals surface area contributed by atoms with Crippen molar-refractivity contribution >= 4 is 11.9 Å². The number of hydrogen-bond donors (Lipinski definition) is 21. The van der Waals surface area contributed by atoms with Gasteiger partial charge in [-0.05, 0) is 85.5 Å². The van der Waals surface area contributed by atoms with E-state index < -0.39 is 300 Å². The fourth-order valence-corrected chi connectivity index (χ4v) is 17.5. The highest BCUT2D eigenvalue weighted by Gasteiger charge is 2.57. The fourth-order valence-electron chi connectivity index (χ4n) is 17.5. The van der Waals surface area contributed by atoms with Gasteiger partial charge in [-0.2, -0.15) is 0 Å². The van der Waals surface area contributed by atoms with Crippen molar-refractivity contribution in [2.75, 3.05) is 6.61 Å². The summed E-state index contributed by atoms with van der Waals surface area (Å²) in [6.07, 6.45) is -39.4. The van der Waals surface area contributed by atoms with E-state index in [1.54, 1.807) is 45.9 Å². The van der Waals surface area contributed by atoms with Crippen LogP contribution in [0.3, 0.4) is 0 Å². The maximum atomic E-state index is 13.8. The largest absolute Gasteiger partial charge is 0.458 e. The van der Waals surface area contributed by atoms with Crippen molar-refractivity contribution in [1.82, 2.24) is 5.32 Å². The molecule has 0 aromatic rings. The zero-order valence-corrected chi connectivity index (χ0v) is 72.4. The first-order valence-electron chi connectivity index (χ1n) is 43.7. The Bertz CT molecular complexity index is 3210. The van der Waals surface area contributed by atoms with Crippen LogP contribution in [0.15, 0.2) is 48.6 Å². The summed E-state index contributed by atoms with van der Waals surface area (Å²) in [6.45, 7) is 19.9. The number of aliphatic hydroxyl groups excluding tert-OH is 19. The highest BCUT2D eigenvalue weighted by atomic mass is 16.8. The quantitative estimate of drug-likeness (QED) is 0.0592. The molecule has 8 heterocycles. The fraction of sp³-hybridized carbons (Fsp3) is 0.882. The second kappa shape index (κ2) is 47.9. The first kappa shape index (κ1) is 104. The number of ether oxygens (including phenoxy) is 14. The Labute approximate surface area is 714 Å². The van der Waals surface area contributed by atoms with Gasteiger partial charge in [-0.1, -0.05) is 91.0 Å². The van der Waals surface area contributed by atoms with Crippen LogP contribution in [0.4, 0.5) is 0 Å². The number of carbonyl (C=O) groups excluding carboxylic acids is 2. The predicted octanol–water partition coefficient (Wildman–Crippen LogP) is -1.33. The van der Waals surface area contributed by atoms with Gasteiger partial charge in [0, 0.05) is 94.0 Å². The average molecular weight is 1760 g/mol. The molecule has 7 fully saturated rings. The lowest BCUT2D eigenvalue weighted by Crippen LogP contribution is -2.66. The second-order valence-corrected chi connectivity index (χ2v) is 35.5. The van der Waals surface area contributed by atoms with E-state index in [0.717, 1.165) is 13.0 Å². The van der Waals surface area contributed by atoms with Crippen molar-refractivity contribution in [3.05, 3.63) is 48.6 Å². The van der Waals surface area contributed by atoms with Crippen LogP contribution < -0.4 is 5.32 Å². The molecule has 1 amide bonds. The van der Waals surface area contributed by atoms with Crippen LogP contribution >= 0.6 is 0 Å². The minimum atomic E-state index is -2.89. The molecule has 46 atom stereocenters. The van der Waals surface area contributed by atoms with Crippen LogP contribution in [0.1, 0.15) is 186 Å². The van der Waals surface area contributed by atoms with E-state index in [4.69, 9.17) is 66.3 Å². The third-order valence-corrected chi connectivity index (χ3v) is 26.0. The Morgan fingerprint density at radius 3 is 1.81 bits per heavy atom. The van der Waals surface area contributed by atoms with Crippen molar-refractivity contribution in [2.24, 2.45) is 35.5 Å². The third-order valence-electron chi connectivity index (χ3n) is 26.0. The van der Waals surface area contributed by atoms with E-state index in [1.165, 1.54) is 58.9 Å². The second-order valence-electron chi connectivity index (χ2n) is 35.5. The molecule has 122 heavy (non-hydrogen) atoms. The van der Waals surface area contributed by atoms with Gasteiger partial charge in [0.05, 0.1) is 129 Å². The summed E-state index contributed by atoms with van der Waals surface area (Å²) in [7, 11) is 0. The average Bonchev–Trinajstić information content (AvgIpc) is 0.775. The first-order valence-corrected chi connectivity index (χ1v) is 43.7. The summed E-state index contributed by atoms with van der Waals surface area (Å²) in [4.78, 5) is 26.6. The van der Waals surface area contributed by atoms with Gasteiger partial charge in [-0.25, -0.2) is 4.79 Å². The lowest BCUT2D eigenvalue weighted by Gasteiger charge is -2.50. The topological polar surface area (TPSA) is 580 Å². The maximum Gasteiger partial charge on any atom is 0.331 e. The van der Waals surface area contributed by atoms with Crippen LogP contribution in [0.5, 0.6) is 0 Å². The number of nitrogens with one attached hydrogen (secondary N) is 1. The van der Waals surface area contributed by atoms with Crippen molar-refractivity contribution in [3.63, 3.8) is 0 Å². The number of aliphatic hydroxyl groups is 20. The molecule has 37 nitrogen and oxygen atoms in total. The number of rotatable bonds is 21. The Balaban J connectivity index is 1.08. The van der Waals surface area contributed by atoms with E-state index in [-0.39, 0.29) is 63.3 Å². The van der Waals surface area contributed by atoms with E-state index in [0.29, 0.717) is 32.1 Å². The molecule has 0 aliphatic carbocycles. The highest BCUT2D eigenvalue weighted by molar-refractivity contribution is 5.82. The third kappa shape index (κ3) is 28.1. The van der Waals surface area contributed by atoms with Crippen molar-refractivity contribution in [2.45, 2.75) is 431 Å². The summed E-state index contributed by atoms with van der Waals surface area (Å²) in [6, 6.07) is -1.56. The molecule has 0 saturated carbocycles. The first-order chi connectivity index (χ1) is 57.4. The van der Waals surface area contributed by atoms with E-state index >= 15 is 0 Å². The lowest BCUT2D eigenvalue weighted by molar-refractivity contribution is -0.391. The molecule has 8 aliphatic rings. The van der Waals surface area contributed by atoms with Gasteiger partial charge in [0.2, 0.25) is 5.91 Å². The van der Waals surface area contributed by atoms with Crippen LogP contribution in [0.2, 0.25) is 0 Å². The summed E-state index contributed by atoms with van der Waals surface area (Å²) in [5.74, 6) is -9.86. The molecule has 8 aliphatic heterocycles. The molecule has 22 unspecified atom stereocenters. The molecule has 8 rings (SSSR count). The van der Waals surface area contributed by atoms with Gasteiger partial charge in [0.15, 0.2) is 43.5 Å². The number of amides is 1. The number of carbonyl (C=O) groups is 2. The Morgan fingerprint density at radius 2 is 1.15 bits per heavy atom. The number of hydrogen-bond acceptors (Lipinski definition) is 36. The minimum Gasteiger partial charge on any atom is -0.458 e. The van der Waals surface area contributed by atoms with E-state index in [1.807, 2.05) is 20.8 Å². The van der Waals surface area contributed by atoms with E-state index in [9.17, 15) is 112 Å². The van der Waals surface area contributed by atoms with E-state index in [2.05, 4.69) is 5.32 Å². The number of cyclic esters (lactones) is 1. The van der Waals surface area contributed by atoms with Crippen LogP contribution in [0.25, 0.3) is 0 Å². The number of esters is 1. The van der Waals surface area contributed by atoms with Crippen LogP contribution in [-0.2, 0) is 75.9 Å². The molecule has 37 heteroatoms. The SMILES string of the molecule is CCC(O[C@H]1CC[C@H](O[C@H]2CC[C@H](O)[C@@H](C)O2)[C@@H](C)O1)C(C)C(O)C(C)C(O)C(C)C1C/C=C/C=C/C(O)CC(O)C(C)C(O)CC(OC2O[C@H](CO)[C@H](O)[C@H](O)[C@H]2NC(C)=O)C(C)C2CC(O)C(O)C(O)(CC(O[C@@H]3O[C@H](C)[C@@H](O)[C@H](O[C@H]4C[C@@H](O)[C@H](O)[C@@H](C)O4)[C@H]3O[C@@H]3O[C@H](C)[C@@H](O)[C@H](O)[C@H]3O)C(C)CCC(O)CC(O)C/C=C/C=C\C(=O)O1)O2. The van der Waals surface area contributed by atoms with Gasteiger partial charge < -0.3 is 174 Å². The van der Waals surface area contributed by atoms with Gasteiger partial charge in [0.1, 0.15) is 79.3 Å². The Morgan fingerprint density at radius 1 is 0.516 bits per heavy atom. The molecule has 2 bridgehead atoms. The number of allylic oxidation sites excluding steroid dienone is 4. The van der Waals surface area contributed by atoms with Gasteiger partial charge in [-0.3, -0.25) is 4.79 Å². The minimum absolute atomic E-state index is 0.00178. The monoisotopic (exact) mass is 1760 g/mol. The normalized spacial score (nSPS) is 47.3. The molecule has 0 radical (unpaired) electrons. The van der Waals surface area contributed by atoms with Gasteiger partial charge >= 0.3 is 5.97 Å². The molecule has 0 aromatic carbocycles. The summed E-state index contributed by atoms with van der Waals surface area (Å²) in [5.41, 5.74) is 0. The highest BCUT2D eigenvalue weighted by Crippen LogP contribution is 2.43. The smallest absolute Gasteiger partial charge is 0.331 e. The predicted molar refractivity (Wildman–Crippen MR) is 429 cm³/mol. The summed E-state index contributed by atoms with van der Waals surface area (Å²) in [5, 5.41) is 232. The Kier molecular flexibility index (Phi) is 40.8. The Hall–Kier alpha value is -3.42. The zero-order valence-electron chi connectivity index (χ0n) is 72.4.